The Balaban J connectivity index is 1.17. The van der Waals surface area contributed by atoms with E-state index in [1.54, 1.807) is 11.8 Å². The second-order valence-electron chi connectivity index (χ2n) is 9.48. The molecule has 0 spiro atoms. The number of hydrogen-bond acceptors (Lipinski definition) is 5. The van der Waals surface area contributed by atoms with Crippen LogP contribution in [0.15, 0.2) is 59.8 Å². The Morgan fingerprint density at radius 2 is 1.80 bits per heavy atom. The van der Waals surface area contributed by atoms with Gasteiger partial charge in [0, 0.05) is 61.8 Å². The molecule has 2 aliphatic rings. The Hall–Kier alpha value is -2.84. The summed E-state index contributed by atoms with van der Waals surface area (Å²) in [6, 6.07) is 14.1. The molecule has 0 aliphatic carbocycles. The summed E-state index contributed by atoms with van der Waals surface area (Å²) < 4.78 is 2.02. The number of likely N-dealkylation sites (tertiary alicyclic amines) is 1. The normalized spacial score (nSPS) is 19.3. The fourth-order valence-electron chi connectivity index (χ4n) is 5.01. The molecule has 0 bridgehead atoms. The van der Waals surface area contributed by atoms with Crippen LogP contribution in [0.4, 0.5) is 0 Å². The predicted molar refractivity (Wildman–Crippen MR) is 139 cm³/mol. The second kappa shape index (κ2) is 10.8. The molecule has 2 saturated heterocycles. The smallest absolute Gasteiger partial charge is 0.255 e. The number of rotatable bonds is 6. The summed E-state index contributed by atoms with van der Waals surface area (Å²) in [5.74, 6) is 1.00. The van der Waals surface area contributed by atoms with Gasteiger partial charge in [0.05, 0.1) is 17.8 Å². The van der Waals surface area contributed by atoms with Gasteiger partial charge in [0.1, 0.15) is 5.65 Å². The molecule has 2 aromatic heterocycles. The number of carbonyl (C=O) groups is 2. The zero-order valence-electron chi connectivity index (χ0n) is 20.3. The molecule has 2 amide bonds. The lowest BCUT2D eigenvalue weighted by atomic mass is 10.0. The molecule has 2 aliphatic heterocycles. The monoisotopic (exact) mass is 491 g/mol. The lowest BCUT2D eigenvalue weighted by molar-refractivity contribution is -0.136. The number of thioether (sulfide) groups is 1. The van der Waals surface area contributed by atoms with Gasteiger partial charge in [-0.1, -0.05) is 18.2 Å². The van der Waals surface area contributed by atoms with Crippen LogP contribution in [0.2, 0.25) is 0 Å². The van der Waals surface area contributed by atoms with Gasteiger partial charge in [-0.05, 0) is 50.5 Å². The molecule has 3 aromatic rings. The third-order valence-corrected chi connectivity index (χ3v) is 8.16. The van der Waals surface area contributed by atoms with Gasteiger partial charge < -0.3 is 14.2 Å². The molecule has 2 fully saturated rings. The molecule has 35 heavy (non-hydrogen) atoms. The highest BCUT2D eigenvalue weighted by Gasteiger charge is 2.28. The largest absolute Gasteiger partial charge is 0.339 e. The number of piperazine rings is 1. The third kappa shape index (κ3) is 5.54. The first-order valence-corrected chi connectivity index (χ1v) is 13.5. The number of amides is 2. The first-order valence-electron chi connectivity index (χ1n) is 12.5. The van der Waals surface area contributed by atoms with Crippen molar-refractivity contribution in [2.24, 2.45) is 0 Å². The number of hydrogen-bond donors (Lipinski definition) is 0. The average Bonchev–Trinajstić information content (AvgIpc) is 3.31. The quantitative estimate of drug-likeness (QED) is 0.491. The van der Waals surface area contributed by atoms with E-state index < -0.39 is 0 Å². The van der Waals surface area contributed by atoms with Crippen molar-refractivity contribution in [3.63, 3.8) is 0 Å². The topological polar surface area (TPSA) is 61.2 Å². The summed E-state index contributed by atoms with van der Waals surface area (Å²) in [5.41, 5.74) is 2.66. The van der Waals surface area contributed by atoms with Gasteiger partial charge in [-0.2, -0.15) is 0 Å². The highest BCUT2D eigenvalue weighted by atomic mass is 32.2. The molecule has 8 heteroatoms. The van der Waals surface area contributed by atoms with Crippen LogP contribution >= 0.6 is 11.8 Å². The minimum absolute atomic E-state index is 0.0683. The first kappa shape index (κ1) is 23.9. The van der Waals surface area contributed by atoms with Crippen molar-refractivity contribution in [1.29, 1.82) is 0 Å². The van der Waals surface area contributed by atoms with Crippen LogP contribution in [-0.2, 0) is 10.5 Å². The van der Waals surface area contributed by atoms with E-state index in [-0.39, 0.29) is 11.8 Å². The molecule has 4 heterocycles. The zero-order chi connectivity index (χ0) is 24.2. The third-order valence-electron chi connectivity index (χ3n) is 7.05. The van der Waals surface area contributed by atoms with E-state index in [9.17, 15) is 9.59 Å². The molecule has 184 valence electrons. The molecule has 0 radical (unpaired) electrons. The highest BCUT2D eigenvalue weighted by molar-refractivity contribution is 7.98. The van der Waals surface area contributed by atoms with Gasteiger partial charge in [-0.3, -0.25) is 14.5 Å². The molecular formula is C27H33N5O2S. The van der Waals surface area contributed by atoms with Crippen molar-refractivity contribution in [2.45, 2.75) is 42.9 Å². The molecule has 7 nitrogen and oxygen atoms in total. The minimum atomic E-state index is 0.0683. The Morgan fingerprint density at radius 3 is 2.60 bits per heavy atom. The fraction of sp³-hybridized carbons (Fsp3) is 0.444. The van der Waals surface area contributed by atoms with Crippen LogP contribution in [0.3, 0.4) is 0 Å². The van der Waals surface area contributed by atoms with Crippen LogP contribution in [0, 0.1) is 0 Å². The summed E-state index contributed by atoms with van der Waals surface area (Å²) in [5, 5.41) is 0. The number of aromatic nitrogens is 2. The van der Waals surface area contributed by atoms with Crippen molar-refractivity contribution in [1.82, 2.24) is 24.1 Å². The van der Waals surface area contributed by atoms with E-state index in [1.807, 2.05) is 69.1 Å². The van der Waals surface area contributed by atoms with Crippen molar-refractivity contribution < 1.29 is 9.59 Å². The van der Waals surface area contributed by atoms with E-state index in [0.29, 0.717) is 31.4 Å². The van der Waals surface area contributed by atoms with Gasteiger partial charge in [-0.25, -0.2) is 4.98 Å². The fourth-order valence-corrected chi connectivity index (χ4v) is 5.94. The van der Waals surface area contributed by atoms with E-state index in [1.165, 1.54) is 6.42 Å². The molecule has 0 saturated carbocycles. The Kier molecular flexibility index (Phi) is 7.39. The van der Waals surface area contributed by atoms with Gasteiger partial charge >= 0.3 is 0 Å². The number of imidazole rings is 1. The Bertz CT molecular complexity index is 1150. The van der Waals surface area contributed by atoms with Crippen molar-refractivity contribution >= 4 is 29.2 Å². The molecule has 0 N–H and O–H groups in total. The minimum Gasteiger partial charge on any atom is -0.339 e. The maximum atomic E-state index is 13.4. The highest BCUT2D eigenvalue weighted by Crippen LogP contribution is 2.27. The number of carbonyl (C=O) groups excluding carboxylic acids is 2. The summed E-state index contributed by atoms with van der Waals surface area (Å²) in [7, 11) is 0. The number of nitrogens with zero attached hydrogens (tertiary/aromatic N) is 5. The van der Waals surface area contributed by atoms with Crippen LogP contribution in [-0.4, -0.2) is 81.2 Å². The molecular weight excluding hydrogens is 458 g/mol. The van der Waals surface area contributed by atoms with Crippen LogP contribution in [0.1, 0.15) is 42.2 Å². The van der Waals surface area contributed by atoms with E-state index in [2.05, 4.69) is 16.8 Å². The van der Waals surface area contributed by atoms with Gasteiger partial charge in [0.15, 0.2) is 0 Å². The predicted octanol–water partition coefficient (Wildman–Crippen LogP) is 3.79. The lowest BCUT2D eigenvalue weighted by Gasteiger charge is -2.38. The van der Waals surface area contributed by atoms with Crippen LogP contribution in [0.25, 0.3) is 5.65 Å². The number of fused-ring (bicyclic) bond motifs is 1. The van der Waals surface area contributed by atoms with Crippen molar-refractivity contribution in [3.05, 3.63) is 66.1 Å². The van der Waals surface area contributed by atoms with Crippen LogP contribution in [0.5, 0.6) is 0 Å². The molecule has 1 unspecified atom stereocenters. The Morgan fingerprint density at radius 1 is 1.00 bits per heavy atom. The lowest BCUT2D eigenvalue weighted by Crippen LogP contribution is -2.53. The zero-order valence-corrected chi connectivity index (χ0v) is 21.1. The summed E-state index contributed by atoms with van der Waals surface area (Å²) in [6.07, 6.45) is 7.45. The van der Waals surface area contributed by atoms with E-state index in [0.717, 1.165) is 54.3 Å². The molecule has 1 aromatic carbocycles. The number of piperidine rings is 1. The SMILES string of the molecule is CC1CCCCN1C(=O)CN1CCN(C(=O)c2ccccc2SCc2cn3ccccc3n2)CC1. The van der Waals surface area contributed by atoms with E-state index in [4.69, 9.17) is 0 Å². The number of pyridine rings is 1. The number of benzene rings is 1. The summed E-state index contributed by atoms with van der Waals surface area (Å²) in [6.45, 7) is 6.24. The maximum Gasteiger partial charge on any atom is 0.255 e. The van der Waals surface area contributed by atoms with E-state index >= 15 is 0 Å². The van der Waals surface area contributed by atoms with Crippen molar-refractivity contribution in [3.8, 4) is 0 Å². The van der Waals surface area contributed by atoms with Gasteiger partial charge in [0.2, 0.25) is 5.91 Å². The molecule has 1 atom stereocenters. The standard InChI is InChI=1S/C27H33N5O2S/c1-21-8-4-7-13-32(21)26(33)19-29-14-16-30(17-15-29)27(34)23-9-2-3-10-24(23)35-20-22-18-31-12-6-5-11-25(31)28-22/h2-3,5-6,9-12,18,21H,4,7-8,13-17,19-20H2,1H3. The second-order valence-corrected chi connectivity index (χ2v) is 10.5. The van der Waals surface area contributed by atoms with Crippen molar-refractivity contribution in [2.75, 3.05) is 39.3 Å². The summed E-state index contributed by atoms with van der Waals surface area (Å²) >= 11 is 1.65. The Labute approximate surface area is 211 Å². The van der Waals surface area contributed by atoms with Crippen LogP contribution < -0.4 is 0 Å². The maximum absolute atomic E-state index is 13.4. The van der Waals surface area contributed by atoms with Gasteiger partial charge in [0.25, 0.3) is 5.91 Å². The average molecular weight is 492 g/mol. The summed E-state index contributed by atoms with van der Waals surface area (Å²) in [4.78, 5) is 38.0. The van der Waals surface area contributed by atoms with Gasteiger partial charge in [-0.15, -0.1) is 11.8 Å². The first-order chi connectivity index (χ1) is 17.1. The molecule has 5 rings (SSSR count).